The zero-order chi connectivity index (χ0) is 13.6. The van der Waals surface area contributed by atoms with Crippen molar-refractivity contribution in [1.82, 2.24) is 0 Å². The van der Waals surface area contributed by atoms with E-state index in [1.807, 2.05) is 0 Å². The minimum absolute atomic E-state index is 0.0212. The number of ether oxygens (including phenoxy) is 1. The molecule has 0 heterocycles. The van der Waals surface area contributed by atoms with Crippen molar-refractivity contribution in [2.45, 2.75) is 32.3 Å². The maximum Gasteiger partial charge on any atom is 0.387 e. The lowest BCUT2D eigenvalue weighted by atomic mass is 9.87. The Kier molecular flexibility index (Phi) is 3.28. The summed E-state index contributed by atoms with van der Waals surface area (Å²) in [5, 5.41) is 0.502. The SMILES string of the molecule is CC1(C)CC1(CN)c1cc(Cl)ccc1OC(F)F. The number of hydrogen-bond acceptors (Lipinski definition) is 2. The van der Waals surface area contributed by atoms with E-state index >= 15 is 0 Å². The molecule has 0 amide bonds. The molecular weight excluding hydrogens is 260 g/mol. The molecule has 0 aliphatic heterocycles. The molecule has 2 N–H and O–H groups in total. The molecule has 1 saturated carbocycles. The maximum absolute atomic E-state index is 12.4. The highest BCUT2D eigenvalue weighted by Crippen LogP contribution is 2.65. The molecule has 1 fully saturated rings. The molecule has 2 rings (SSSR count). The summed E-state index contributed by atoms with van der Waals surface area (Å²) in [7, 11) is 0. The van der Waals surface area contributed by atoms with Crippen molar-refractivity contribution in [2.75, 3.05) is 6.54 Å². The smallest absolute Gasteiger partial charge is 0.387 e. The molecule has 0 radical (unpaired) electrons. The van der Waals surface area contributed by atoms with Crippen LogP contribution in [0.5, 0.6) is 5.75 Å². The van der Waals surface area contributed by atoms with Gasteiger partial charge in [0.15, 0.2) is 0 Å². The first-order chi connectivity index (χ1) is 8.32. The van der Waals surface area contributed by atoms with E-state index in [-0.39, 0.29) is 16.6 Å². The molecule has 1 aliphatic rings. The second kappa shape index (κ2) is 4.35. The Morgan fingerprint density at radius 2 is 2.06 bits per heavy atom. The molecule has 1 aliphatic carbocycles. The van der Waals surface area contributed by atoms with Gasteiger partial charge in [-0.25, -0.2) is 0 Å². The van der Waals surface area contributed by atoms with Gasteiger partial charge in [0.25, 0.3) is 0 Å². The van der Waals surface area contributed by atoms with E-state index in [2.05, 4.69) is 18.6 Å². The fourth-order valence-corrected chi connectivity index (χ4v) is 2.88. The molecule has 1 unspecified atom stereocenters. The van der Waals surface area contributed by atoms with Crippen molar-refractivity contribution in [1.29, 1.82) is 0 Å². The second-order valence-corrected chi connectivity index (χ2v) is 5.80. The molecule has 18 heavy (non-hydrogen) atoms. The third kappa shape index (κ3) is 2.08. The quantitative estimate of drug-likeness (QED) is 0.912. The van der Waals surface area contributed by atoms with Gasteiger partial charge in [0.1, 0.15) is 5.75 Å². The molecule has 1 aromatic rings. The Morgan fingerprint density at radius 1 is 1.44 bits per heavy atom. The number of benzene rings is 1. The summed E-state index contributed by atoms with van der Waals surface area (Å²) in [5.74, 6) is 0.172. The van der Waals surface area contributed by atoms with Crippen LogP contribution in [0.25, 0.3) is 0 Å². The monoisotopic (exact) mass is 275 g/mol. The highest BCUT2D eigenvalue weighted by molar-refractivity contribution is 6.30. The molecule has 2 nitrogen and oxygen atoms in total. The standard InChI is InChI=1S/C13H16ClF2NO/c1-12(2)6-13(12,7-17)9-5-8(14)3-4-10(9)18-11(15)16/h3-5,11H,6-7,17H2,1-2H3. The van der Waals surface area contributed by atoms with E-state index in [0.717, 1.165) is 6.42 Å². The van der Waals surface area contributed by atoms with Crippen LogP contribution in [-0.2, 0) is 5.41 Å². The zero-order valence-electron chi connectivity index (χ0n) is 10.3. The average molecular weight is 276 g/mol. The Bertz CT molecular complexity index is 464. The predicted octanol–water partition coefficient (Wildman–Crippen LogP) is 3.57. The Labute approximate surface area is 110 Å². The van der Waals surface area contributed by atoms with Gasteiger partial charge < -0.3 is 10.5 Å². The van der Waals surface area contributed by atoms with Crippen LogP contribution in [0.2, 0.25) is 5.02 Å². The summed E-state index contributed by atoms with van der Waals surface area (Å²) in [4.78, 5) is 0. The average Bonchev–Trinajstić information content (AvgIpc) is 2.84. The lowest BCUT2D eigenvalue weighted by Gasteiger charge is -2.22. The molecule has 0 bridgehead atoms. The Balaban J connectivity index is 2.46. The van der Waals surface area contributed by atoms with E-state index < -0.39 is 6.61 Å². The van der Waals surface area contributed by atoms with Gasteiger partial charge in [-0.2, -0.15) is 8.78 Å². The lowest BCUT2D eigenvalue weighted by Crippen LogP contribution is -2.26. The highest BCUT2D eigenvalue weighted by Gasteiger charge is 2.62. The largest absolute Gasteiger partial charge is 0.435 e. The summed E-state index contributed by atoms with van der Waals surface area (Å²) >= 11 is 5.95. The molecule has 1 atom stereocenters. The predicted molar refractivity (Wildman–Crippen MR) is 67.2 cm³/mol. The molecule has 100 valence electrons. The van der Waals surface area contributed by atoms with Crippen LogP contribution in [0.3, 0.4) is 0 Å². The van der Waals surface area contributed by atoms with Gasteiger partial charge in [0.05, 0.1) is 0 Å². The van der Waals surface area contributed by atoms with Gasteiger partial charge in [-0.05, 0) is 30.0 Å². The van der Waals surface area contributed by atoms with Crippen molar-refractivity contribution in [2.24, 2.45) is 11.1 Å². The minimum atomic E-state index is -2.85. The minimum Gasteiger partial charge on any atom is -0.435 e. The Morgan fingerprint density at radius 3 is 2.50 bits per heavy atom. The summed E-state index contributed by atoms with van der Waals surface area (Å²) in [5.41, 5.74) is 6.18. The molecule has 1 aromatic carbocycles. The van der Waals surface area contributed by atoms with Crippen molar-refractivity contribution in [3.63, 3.8) is 0 Å². The number of nitrogens with two attached hydrogens (primary N) is 1. The third-order valence-corrected chi connectivity index (χ3v) is 4.17. The first-order valence-corrected chi connectivity index (χ1v) is 6.15. The van der Waals surface area contributed by atoms with E-state index in [1.165, 1.54) is 6.07 Å². The van der Waals surface area contributed by atoms with Crippen LogP contribution in [0.4, 0.5) is 8.78 Å². The summed E-state index contributed by atoms with van der Waals surface area (Å²) < 4.78 is 29.4. The van der Waals surface area contributed by atoms with E-state index in [0.29, 0.717) is 17.1 Å². The third-order valence-electron chi connectivity index (χ3n) is 3.94. The van der Waals surface area contributed by atoms with Gasteiger partial charge in [-0.15, -0.1) is 0 Å². The normalized spacial score (nSPS) is 25.3. The summed E-state index contributed by atoms with van der Waals surface area (Å²) in [6.07, 6.45) is 0.844. The van der Waals surface area contributed by atoms with E-state index in [9.17, 15) is 8.78 Å². The highest BCUT2D eigenvalue weighted by atomic mass is 35.5. The van der Waals surface area contributed by atoms with Gasteiger partial charge >= 0.3 is 6.61 Å². The van der Waals surface area contributed by atoms with Crippen LogP contribution in [0.1, 0.15) is 25.8 Å². The first-order valence-electron chi connectivity index (χ1n) is 5.77. The second-order valence-electron chi connectivity index (χ2n) is 5.37. The zero-order valence-corrected chi connectivity index (χ0v) is 11.1. The number of hydrogen-bond donors (Lipinski definition) is 1. The van der Waals surface area contributed by atoms with Crippen LogP contribution in [-0.4, -0.2) is 13.2 Å². The number of halogens is 3. The summed E-state index contributed by atoms with van der Waals surface area (Å²) in [6, 6.07) is 4.71. The number of alkyl halides is 2. The van der Waals surface area contributed by atoms with Crippen molar-refractivity contribution >= 4 is 11.6 Å². The van der Waals surface area contributed by atoms with Crippen LogP contribution < -0.4 is 10.5 Å². The molecular formula is C13H16ClF2NO. The van der Waals surface area contributed by atoms with Crippen molar-refractivity contribution < 1.29 is 13.5 Å². The molecule has 5 heteroatoms. The number of rotatable bonds is 4. The van der Waals surface area contributed by atoms with Crippen LogP contribution in [0, 0.1) is 5.41 Å². The summed E-state index contributed by atoms with van der Waals surface area (Å²) in [6.45, 7) is 1.67. The molecule has 0 saturated heterocycles. The topological polar surface area (TPSA) is 35.2 Å². The first kappa shape index (κ1) is 13.6. The van der Waals surface area contributed by atoms with Gasteiger partial charge in [-0.3, -0.25) is 0 Å². The fourth-order valence-electron chi connectivity index (χ4n) is 2.70. The van der Waals surface area contributed by atoms with Gasteiger partial charge in [0, 0.05) is 22.5 Å². The van der Waals surface area contributed by atoms with E-state index in [4.69, 9.17) is 17.3 Å². The lowest BCUT2D eigenvalue weighted by molar-refractivity contribution is -0.0508. The molecule has 0 aromatic heterocycles. The Hall–Kier alpha value is -0.870. The van der Waals surface area contributed by atoms with E-state index in [1.54, 1.807) is 12.1 Å². The fraction of sp³-hybridized carbons (Fsp3) is 0.538. The van der Waals surface area contributed by atoms with Crippen molar-refractivity contribution in [3.8, 4) is 5.75 Å². The van der Waals surface area contributed by atoms with Crippen molar-refractivity contribution in [3.05, 3.63) is 28.8 Å². The van der Waals surface area contributed by atoms with Gasteiger partial charge in [0.2, 0.25) is 0 Å². The van der Waals surface area contributed by atoms with Gasteiger partial charge in [-0.1, -0.05) is 25.4 Å². The molecule has 0 spiro atoms. The van der Waals surface area contributed by atoms with Crippen LogP contribution in [0.15, 0.2) is 18.2 Å². The van der Waals surface area contributed by atoms with Crippen LogP contribution >= 0.6 is 11.6 Å². The maximum atomic E-state index is 12.4.